The third kappa shape index (κ3) is 3.43. The third-order valence-corrected chi connectivity index (χ3v) is 5.69. The van der Waals surface area contributed by atoms with Crippen LogP contribution in [0.25, 0.3) is 0 Å². The highest BCUT2D eigenvalue weighted by molar-refractivity contribution is 7.92. The lowest BCUT2D eigenvalue weighted by molar-refractivity contribution is 0.113. The van der Waals surface area contributed by atoms with Crippen LogP contribution in [-0.2, 0) is 14.6 Å². The summed E-state index contributed by atoms with van der Waals surface area (Å²) in [6.07, 6.45) is 1.16. The Morgan fingerprint density at radius 2 is 2.00 bits per heavy atom. The van der Waals surface area contributed by atoms with Gasteiger partial charge < -0.3 is 10.1 Å². The maximum atomic E-state index is 11.8. The average molecular weight is 249 g/mol. The van der Waals surface area contributed by atoms with Crippen molar-refractivity contribution < 1.29 is 13.2 Å². The Morgan fingerprint density at radius 1 is 1.38 bits per heavy atom. The molecule has 0 aromatic carbocycles. The lowest BCUT2D eigenvalue weighted by atomic mass is 10.2. The fourth-order valence-electron chi connectivity index (χ4n) is 1.68. The normalized spacial score (nSPS) is 27.2. The molecule has 0 bridgehead atoms. The van der Waals surface area contributed by atoms with E-state index in [0.717, 1.165) is 13.0 Å². The number of nitrogens with one attached hydrogen (secondary N) is 1. The van der Waals surface area contributed by atoms with Gasteiger partial charge in [0, 0.05) is 19.2 Å². The van der Waals surface area contributed by atoms with Crippen LogP contribution in [-0.4, -0.2) is 44.2 Å². The molecule has 1 aliphatic heterocycles. The highest BCUT2D eigenvalue weighted by atomic mass is 32.2. The summed E-state index contributed by atoms with van der Waals surface area (Å²) >= 11 is 0. The second-order valence-electron chi connectivity index (χ2n) is 5.36. The summed E-state index contributed by atoms with van der Waals surface area (Å²) in [5.41, 5.74) is 0. The van der Waals surface area contributed by atoms with Crippen LogP contribution in [0.1, 0.15) is 34.1 Å². The Labute approximate surface area is 98.7 Å². The third-order valence-electron chi connectivity index (χ3n) is 3.09. The Morgan fingerprint density at radius 3 is 2.44 bits per heavy atom. The first-order valence-corrected chi connectivity index (χ1v) is 7.46. The maximum Gasteiger partial charge on any atom is 0.156 e. The van der Waals surface area contributed by atoms with Gasteiger partial charge in [-0.2, -0.15) is 0 Å². The van der Waals surface area contributed by atoms with Crippen molar-refractivity contribution in [3.05, 3.63) is 0 Å². The molecule has 5 heteroatoms. The average Bonchev–Trinajstić information content (AvgIpc) is 2.49. The number of sulfone groups is 1. The van der Waals surface area contributed by atoms with Crippen molar-refractivity contribution in [2.75, 3.05) is 18.9 Å². The summed E-state index contributed by atoms with van der Waals surface area (Å²) in [4.78, 5) is 0. The molecule has 4 nitrogen and oxygen atoms in total. The van der Waals surface area contributed by atoms with Crippen molar-refractivity contribution in [1.29, 1.82) is 0 Å². The van der Waals surface area contributed by atoms with Gasteiger partial charge in [0.1, 0.15) is 0 Å². The topological polar surface area (TPSA) is 55.4 Å². The van der Waals surface area contributed by atoms with Crippen LogP contribution in [0.5, 0.6) is 0 Å². The molecule has 0 saturated carbocycles. The number of hydrogen-bond donors (Lipinski definition) is 1. The molecule has 1 rings (SSSR count). The largest absolute Gasteiger partial charge is 0.377 e. The van der Waals surface area contributed by atoms with Crippen LogP contribution in [0.15, 0.2) is 0 Å². The number of rotatable bonds is 4. The second kappa shape index (κ2) is 5.02. The van der Waals surface area contributed by atoms with Crippen molar-refractivity contribution in [2.24, 2.45) is 0 Å². The molecule has 2 unspecified atom stereocenters. The standard InChI is InChI=1S/C11H23NO3S/c1-9-10(5-7-15-9)12-6-8-16(13,14)11(2,3)4/h9-10,12H,5-8H2,1-4H3. The molecule has 1 fully saturated rings. The smallest absolute Gasteiger partial charge is 0.156 e. The van der Waals surface area contributed by atoms with E-state index in [1.807, 2.05) is 6.92 Å². The van der Waals surface area contributed by atoms with Crippen LogP contribution >= 0.6 is 0 Å². The van der Waals surface area contributed by atoms with E-state index in [9.17, 15) is 8.42 Å². The summed E-state index contributed by atoms with van der Waals surface area (Å²) in [5.74, 6) is 0.194. The van der Waals surface area contributed by atoms with Gasteiger partial charge in [-0.15, -0.1) is 0 Å². The summed E-state index contributed by atoms with van der Waals surface area (Å²) < 4.78 is 28.4. The van der Waals surface area contributed by atoms with Crippen LogP contribution < -0.4 is 5.32 Å². The fraction of sp³-hybridized carbons (Fsp3) is 1.00. The van der Waals surface area contributed by atoms with Crippen molar-refractivity contribution in [2.45, 2.75) is 51.0 Å². The lowest BCUT2D eigenvalue weighted by Crippen LogP contribution is -2.40. The lowest BCUT2D eigenvalue weighted by Gasteiger charge is -2.21. The molecule has 0 spiro atoms. The maximum absolute atomic E-state index is 11.8. The van der Waals surface area contributed by atoms with E-state index in [-0.39, 0.29) is 11.9 Å². The van der Waals surface area contributed by atoms with Crippen LogP contribution in [0.3, 0.4) is 0 Å². The van der Waals surface area contributed by atoms with Gasteiger partial charge >= 0.3 is 0 Å². The van der Waals surface area contributed by atoms with Gasteiger partial charge in [-0.25, -0.2) is 8.42 Å². The van der Waals surface area contributed by atoms with E-state index in [1.54, 1.807) is 20.8 Å². The quantitative estimate of drug-likeness (QED) is 0.806. The zero-order chi connectivity index (χ0) is 12.4. The zero-order valence-corrected chi connectivity index (χ0v) is 11.4. The molecule has 1 N–H and O–H groups in total. The van der Waals surface area contributed by atoms with Gasteiger partial charge in [-0.3, -0.25) is 0 Å². The SMILES string of the molecule is CC1OCCC1NCCS(=O)(=O)C(C)(C)C. The Kier molecular flexibility index (Phi) is 4.37. The van der Waals surface area contributed by atoms with Gasteiger partial charge in [0.05, 0.1) is 16.6 Å². The summed E-state index contributed by atoms with van der Waals surface area (Å²) in [6, 6.07) is 0.301. The van der Waals surface area contributed by atoms with Crippen molar-refractivity contribution >= 4 is 9.84 Å². The summed E-state index contributed by atoms with van der Waals surface area (Å²) in [5, 5.41) is 3.26. The fourth-order valence-corrected chi connectivity index (χ4v) is 2.68. The zero-order valence-electron chi connectivity index (χ0n) is 10.6. The van der Waals surface area contributed by atoms with E-state index in [1.165, 1.54) is 0 Å². The minimum absolute atomic E-state index is 0.192. The molecule has 0 aliphatic carbocycles. The molecule has 0 aromatic heterocycles. The Hall–Kier alpha value is -0.130. The Balaban J connectivity index is 2.36. The molecule has 96 valence electrons. The summed E-state index contributed by atoms with van der Waals surface area (Å²) in [7, 11) is -3.01. The van der Waals surface area contributed by atoms with Crippen molar-refractivity contribution in [1.82, 2.24) is 5.32 Å². The highest BCUT2D eigenvalue weighted by Gasteiger charge is 2.29. The number of ether oxygens (including phenoxy) is 1. The van der Waals surface area contributed by atoms with E-state index in [0.29, 0.717) is 12.6 Å². The first-order chi connectivity index (χ1) is 7.24. The van der Waals surface area contributed by atoms with E-state index >= 15 is 0 Å². The predicted molar refractivity (Wildman–Crippen MR) is 65.4 cm³/mol. The Bertz CT molecular complexity index is 319. The minimum atomic E-state index is -3.01. The molecule has 1 heterocycles. The highest BCUT2D eigenvalue weighted by Crippen LogP contribution is 2.16. The van der Waals surface area contributed by atoms with Gasteiger partial charge in [0.15, 0.2) is 9.84 Å². The molecular weight excluding hydrogens is 226 g/mol. The monoisotopic (exact) mass is 249 g/mol. The predicted octanol–water partition coefficient (Wildman–Crippen LogP) is 0.967. The van der Waals surface area contributed by atoms with Crippen molar-refractivity contribution in [3.8, 4) is 0 Å². The van der Waals surface area contributed by atoms with E-state index in [2.05, 4.69) is 5.32 Å². The minimum Gasteiger partial charge on any atom is -0.377 e. The van der Waals surface area contributed by atoms with Gasteiger partial charge in [-0.1, -0.05) is 0 Å². The van der Waals surface area contributed by atoms with E-state index in [4.69, 9.17) is 4.74 Å². The van der Waals surface area contributed by atoms with Gasteiger partial charge in [0.2, 0.25) is 0 Å². The molecule has 0 aromatic rings. The second-order valence-corrected chi connectivity index (χ2v) is 8.22. The molecule has 2 atom stereocenters. The summed E-state index contributed by atoms with van der Waals surface area (Å²) in [6.45, 7) is 8.52. The first kappa shape index (κ1) is 13.9. The van der Waals surface area contributed by atoms with Crippen LogP contribution in [0.2, 0.25) is 0 Å². The molecule has 1 aliphatic rings. The first-order valence-electron chi connectivity index (χ1n) is 5.81. The molecule has 16 heavy (non-hydrogen) atoms. The molecule has 1 saturated heterocycles. The molecule has 0 radical (unpaired) electrons. The van der Waals surface area contributed by atoms with Crippen LogP contribution in [0, 0.1) is 0 Å². The number of hydrogen-bond acceptors (Lipinski definition) is 4. The molecule has 0 amide bonds. The van der Waals surface area contributed by atoms with E-state index < -0.39 is 14.6 Å². The van der Waals surface area contributed by atoms with Crippen molar-refractivity contribution in [3.63, 3.8) is 0 Å². The van der Waals surface area contributed by atoms with Crippen LogP contribution in [0.4, 0.5) is 0 Å². The van der Waals surface area contributed by atoms with Gasteiger partial charge in [-0.05, 0) is 34.1 Å². The molecular formula is C11H23NO3S. The van der Waals surface area contributed by atoms with Gasteiger partial charge in [0.25, 0.3) is 0 Å².